The molecule has 0 aliphatic carbocycles. The first kappa shape index (κ1) is 17.8. The van der Waals surface area contributed by atoms with Gasteiger partial charge in [-0.1, -0.05) is 29.8 Å². The molecule has 1 aliphatic heterocycles. The second kappa shape index (κ2) is 7.89. The molecule has 6 heteroatoms. The van der Waals surface area contributed by atoms with Gasteiger partial charge in [-0.3, -0.25) is 14.9 Å². The number of piperidine rings is 1. The Kier molecular flexibility index (Phi) is 5.60. The molecule has 1 aromatic heterocycles. The Morgan fingerprint density at radius 3 is 2.48 bits per heavy atom. The van der Waals surface area contributed by atoms with E-state index in [4.69, 9.17) is 0 Å². The summed E-state index contributed by atoms with van der Waals surface area (Å²) in [5.74, 6) is 0.311. The van der Waals surface area contributed by atoms with Crippen LogP contribution in [0.4, 0.5) is 5.13 Å². The number of benzene rings is 1. The molecule has 0 atom stereocenters. The lowest BCUT2D eigenvalue weighted by Gasteiger charge is -2.28. The number of ketones is 1. The predicted octanol–water partition coefficient (Wildman–Crippen LogP) is 1.88. The molecular weight excluding hydrogens is 334 g/mol. The minimum atomic E-state index is -0.00680. The molecule has 25 heavy (non-hydrogen) atoms. The highest BCUT2D eigenvalue weighted by atomic mass is 32.1. The highest BCUT2D eigenvalue weighted by molar-refractivity contribution is 7.13. The van der Waals surface area contributed by atoms with Gasteiger partial charge in [0, 0.05) is 29.7 Å². The van der Waals surface area contributed by atoms with Crippen molar-refractivity contribution in [1.29, 1.82) is 0 Å². The van der Waals surface area contributed by atoms with Gasteiger partial charge in [0.25, 0.3) is 5.91 Å². The van der Waals surface area contributed by atoms with E-state index in [1.165, 1.54) is 16.2 Å². The van der Waals surface area contributed by atoms with Crippen molar-refractivity contribution in [3.05, 3.63) is 46.5 Å². The van der Waals surface area contributed by atoms with Crippen molar-refractivity contribution in [3.63, 3.8) is 0 Å². The highest BCUT2D eigenvalue weighted by Crippen LogP contribution is 2.17. The summed E-state index contributed by atoms with van der Waals surface area (Å²) in [5.41, 5.74) is 2.89. The molecule has 0 radical (unpaired) electrons. The zero-order valence-corrected chi connectivity index (χ0v) is 15.5. The standard InChI is InChI=1S/C19H23N3O2S/c1-13-3-5-15(6-4-13)18(24)16-7-9-22(10-8-16)11-17(23)21-19-20-14(2)12-25-19/h3-6,12,16H,7-11H2,1-2H3,(H,20,21,23)/p+1. The van der Waals surface area contributed by atoms with Crippen LogP contribution in [0.2, 0.25) is 0 Å². The number of carbonyl (C=O) groups excluding carboxylic acids is 2. The number of nitrogens with one attached hydrogen (secondary N) is 2. The zero-order chi connectivity index (χ0) is 17.8. The van der Waals surface area contributed by atoms with E-state index in [1.807, 2.05) is 43.5 Å². The number of amides is 1. The number of carbonyl (C=O) groups is 2. The third-order valence-corrected chi connectivity index (χ3v) is 5.55. The van der Waals surface area contributed by atoms with E-state index in [2.05, 4.69) is 10.3 Å². The van der Waals surface area contributed by atoms with Crippen molar-refractivity contribution in [2.75, 3.05) is 25.0 Å². The molecule has 132 valence electrons. The fourth-order valence-electron chi connectivity index (χ4n) is 3.22. The van der Waals surface area contributed by atoms with Crippen LogP contribution in [0.5, 0.6) is 0 Å². The van der Waals surface area contributed by atoms with Gasteiger partial charge < -0.3 is 4.90 Å². The summed E-state index contributed by atoms with van der Waals surface area (Å²) in [6, 6.07) is 7.80. The minimum absolute atomic E-state index is 0.00680. The Morgan fingerprint density at radius 1 is 1.20 bits per heavy atom. The SMILES string of the molecule is Cc1ccc(C(=O)C2CC[NH+](CC(=O)Nc3nc(C)cs3)CC2)cc1. The number of aromatic nitrogens is 1. The largest absolute Gasteiger partial charge is 0.327 e. The van der Waals surface area contributed by atoms with Crippen molar-refractivity contribution < 1.29 is 14.5 Å². The van der Waals surface area contributed by atoms with E-state index in [0.717, 1.165) is 42.8 Å². The summed E-state index contributed by atoms with van der Waals surface area (Å²) in [7, 11) is 0. The van der Waals surface area contributed by atoms with Crippen LogP contribution in [0.25, 0.3) is 0 Å². The minimum Gasteiger partial charge on any atom is -0.327 e. The fourth-order valence-corrected chi connectivity index (χ4v) is 3.92. The Morgan fingerprint density at radius 2 is 1.88 bits per heavy atom. The van der Waals surface area contributed by atoms with E-state index in [9.17, 15) is 9.59 Å². The average Bonchev–Trinajstić information content (AvgIpc) is 3.00. The van der Waals surface area contributed by atoms with E-state index in [1.54, 1.807) is 0 Å². The number of hydrogen-bond acceptors (Lipinski definition) is 4. The molecule has 1 saturated heterocycles. The van der Waals surface area contributed by atoms with Crippen molar-refractivity contribution in [3.8, 4) is 0 Å². The van der Waals surface area contributed by atoms with Crippen LogP contribution in [0, 0.1) is 19.8 Å². The van der Waals surface area contributed by atoms with Crippen LogP contribution in [0.15, 0.2) is 29.6 Å². The van der Waals surface area contributed by atoms with Gasteiger partial charge in [0.15, 0.2) is 17.5 Å². The Hall–Kier alpha value is -2.05. The molecule has 2 heterocycles. The molecule has 0 spiro atoms. The summed E-state index contributed by atoms with van der Waals surface area (Å²) in [5, 5.41) is 5.44. The molecule has 3 rings (SSSR count). The topological polar surface area (TPSA) is 63.5 Å². The van der Waals surface area contributed by atoms with Crippen molar-refractivity contribution in [2.45, 2.75) is 26.7 Å². The summed E-state index contributed by atoms with van der Waals surface area (Å²) < 4.78 is 0. The van der Waals surface area contributed by atoms with Gasteiger partial charge in [-0.15, -0.1) is 11.3 Å². The van der Waals surface area contributed by atoms with Gasteiger partial charge in [-0.2, -0.15) is 0 Å². The monoisotopic (exact) mass is 358 g/mol. The maximum absolute atomic E-state index is 12.6. The van der Waals surface area contributed by atoms with Crippen LogP contribution in [-0.2, 0) is 4.79 Å². The molecule has 1 fully saturated rings. The van der Waals surface area contributed by atoms with E-state index < -0.39 is 0 Å². The number of rotatable bonds is 5. The Labute approximate surface area is 152 Å². The van der Waals surface area contributed by atoms with Gasteiger partial charge in [0.1, 0.15) is 0 Å². The third kappa shape index (κ3) is 4.74. The van der Waals surface area contributed by atoms with Crippen molar-refractivity contribution >= 4 is 28.2 Å². The van der Waals surface area contributed by atoms with Crippen LogP contribution in [-0.4, -0.2) is 36.3 Å². The average molecular weight is 358 g/mol. The molecule has 0 bridgehead atoms. The number of hydrogen-bond donors (Lipinski definition) is 2. The first-order valence-electron chi connectivity index (χ1n) is 8.67. The summed E-state index contributed by atoms with van der Waals surface area (Å²) in [4.78, 5) is 30.2. The van der Waals surface area contributed by atoms with Gasteiger partial charge >= 0.3 is 0 Å². The molecular formula is C19H24N3O2S+. The molecule has 0 saturated carbocycles. The van der Waals surface area contributed by atoms with Crippen LogP contribution >= 0.6 is 11.3 Å². The third-order valence-electron chi connectivity index (χ3n) is 4.68. The number of aryl methyl sites for hydroxylation is 2. The second-order valence-corrected chi connectivity index (χ2v) is 7.63. The molecule has 5 nitrogen and oxygen atoms in total. The van der Waals surface area contributed by atoms with E-state index >= 15 is 0 Å². The summed E-state index contributed by atoms with van der Waals surface area (Å²) in [6.45, 7) is 6.07. The zero-order valence-electron chi connectivity index (χ0n) is 14.7. The maximum Gasteiger partial charge on any atom is 0.281 e. The second-order valence-electron chi connectivity index (χ2n) is 6.77. The Bertz CT molecular complexity index is 746. The molecule has 2 aromatic rings. The van der Waals surface area contributed by atoms with Crippen LogP contribution in [0.1, 0.15) is 34.5 Å². The lowest BCUT2D eigenvalue weighted by Crippen LogP contribution is -3.14. The lowest BCUT2D eigenvalue weighted by atomic mass is 9.88. The van der Waals surface area contributed by atoms with Gasteiger partial charge in [0.05, 0.1) is 18.8 Å². The smallest absolute Gasteiger partial charge is 0.281 e. The van der Waals surface area contributed by atoms with E-state index in [0.29, 0.717) is 11.7 Å². The molecule has 1 amide bonds. The number of anilines is 1. The molecule has 0 unspecified atom stereocenters. The van der Waals surface area contributed by atoms with Gasteiger partial charge in [-0.25, -0.2) is 4.98 Å². The highest BCUT2D eigenvalue weighted by Gasteiger charge is 2.29. The quantitative estimate of drug-likeness (QED) is 0.802. The Balaban J connectivity index is 1.47. The number of thiazole rings is 1. The maximum atomic E-state index is 12.6. The first-order chi connectivity index (χ1) is 12.0. The lowest BCUT2D eigenvalue weighted by molar-refractivity contribution is -0.897. The number of Topliss-reactive ketones (excluding diaryl/α,β-unsaturated/α-hetero) is 1. The first-order valence-corrected chi connectivity index (χ1v) is 9.55. The van der Waals surface area contributed by atoms with Gasteiger partial charge in [-0.05, 0) is 13.8 Å². The fraction of sp³-hybridized carbons (Fsp3) is 0.421. The van der Waals surface area contributed by atoms with E-state index in [-0.39, 0.29) is 17.6 Å². The van der Waals surface area contributed by atoms with Crippen LogP contribution < -0.4 is 10.2 Å². The van der Waals surface area contributed by atoms with Crippen molar-refractivity contribution in [1.82, 2.24) is 4.98 Å². The molecule has 1 aliphatic rings. The molecule has 2 N–H and O–H groups in total. The normalized spacial score (nSPS) is 20.2. The number of likely N-dealkylation sites (tertiary alicyclic amines) is 1. The predicted molar refractivity (Wildman–Crippen MR) is 99.3 cm³/mol. The number of quaternary nitrogens is 1. The van der Waals surface area contributed by atoms with Gasteiger partial charge in [0.2, 0.25) is 0 Å². The number of nitrogens with zero attached hydrogens (tertiary/aromatic N) is 1. The summed E-state index contributed by atoms with van der Waals surface area (Å²) in [6.07, 6.45) is 1.68. The van der Waals surface area contributed by atoms with Crippen molar-refractivity contribution in [2.24, 2.45) is 5.92 Å². The van der Waals surface area contributed by atoms with Crippen LogP contribution in [0.3, 0.4) is 0 Å². The summed E-state index contributed by atoms with van der Waals surface area (Å²) >= 11 is 1.45. The molecule has 1 aromatic carbocycles.